The van der Waals surface area contributed by atoms with Gasteiger partial charge in [0.25, 0.3) is 11.8 Å². The van der Waals surface area contributed by atoms with Gasteiger partial charge in [-0.3, -0.25) is 9.59 Å². The molecule has 8 heteroatoms. The normalized spacial score (nSPS) is 18.6. The molecule has 2 aliphatic rings. The lowest BCUT2D eigenvalue weighted by Gasteiger charge is -2.19. The molecule has 0 saturated heterocycles. The molecule has 0 radical (unpaired) electrons. The zero-order valence-corrected chi connectivity index (χ0v) is 16.2. The molecule has 2 fully saturated rings. The van der Waals surface area contributed by atoms with Gasteiger partial charge in [0.2, 0.25) is 0 Å². The monoisotopic (exact) mass is 400 g/mol. The first-order valence-electron chi connectivity index (χ1n) is 8.76. The molecule has 0 bridgehead atoms. The number of hydrogen-bond donors (Lipinski definition) is 2. The van der Waals surface area contributed by atoms with Crippen LogP contribution in [0.4, 0.5) is 0 Å². The Kier molecular flexibility index (Phi) is 5.82. The minimum atomic E-state index is -0.710. The molecule has 2 N–H and O–H groups in total. The van der Waals surface area contributed by atoms with Crippen LogP contribution < -0.4 is 20.1 Å². The maximum Gasteiger partial charge on any atom is 0.260 e. The van der Waals surface area contributed by atoms with E-state index in [9.17, 15) is 9.59 Å². The quantitative estimate of drug-likeness (QED) is 0.702. The predicted molar refractivity (Wildman–Crippen MR) is 99.0 cm³/mol. The average molecular weight is 401 g/mol. The first-order chi connectivity index (χ1) is 12.3. The van der Waals surface area contributed by atoms with Crippen LogP contribution in [0.1, 0.15) is 39.5 Å². The van der Waals surface area contributed by atoms with Crippen LogP contribution in [-0.4, -0.2) is 36.1 Å². The van der Waals surface area contributed by atoms with Crippen molar-refractivity contribution in [2.24, 2.45) is 0 Å². The second-order valence-corrected chi connectivity index (χ2v) is 7.61. The van der Waals surface area contributed by atoms with Gasteiger partial charge in [-0.05, 0) is 45.6 Å². The summed E-state index contributed by atoms with van der Waals surface area (Å²) in [6.45, 7) is 3.30. The van der Waals surface area contributed by atoms with Crippen molar-refractivity contribution in [2.75, 3.05) is 0 Å². The molecule has 0 aliphatic heterocycles. The van der Waals surface area contributed by atoms with E-state index in [0.717, 1.165) is 25.7 Å². The van der Waals surface area contributed by atoms with E-state index < -0.39 is 12.2 Å². The molecule has 2 saturated carbocycles. The van der Waals surface area contributed by atoms with Crippen LogP contribution in [0, 0.1) is 0 Å². The first kappa shape index (κ1) is 19.1. The molecule has 0 aromatic heterocycles. The number of amides is 2. The lowest BCUT2D eigenvalue weighted by molar-refractivity contribution is -0.127. The topological polar surface area (TPSA) is 76.7 Å². The highest BCUT2D eigenvalue weighted by Crippen LogP contribution is 2.37. The molecule has 1 aromatic carbocycles. The van der Waals surface area contributed by atoms with Gasteiger partial charge in [0.15, 0.2) is 12.2 Å². The van der Waals surface area contributed by atoms with Crippen LogP contribution in [0.5, 0.6) is 11.5 Å². The van der Waals surface area contributed by atoms with E-state index in [1.165, 1.54) is 12.1 Å². The molecule has 1 aromatic rings. The van der Waals surface area contributed by atoms with E-state index in [1.54, 1.807) is 13.8 Å². The largest absolute Gasteiger partial charge is 0.479 e. The van der Waals surface area contributed by atoms with Crippen molar-refractivity contribution in [2.45, 2.75) is 63.8 Å². The number of halogens is 2. The van der Waals surface area contributed by atoms with Crippen molar-refractivity contribution < 1.29 is 19.1 Å². The molecule has 3 rings (SSSR count). The van der Waals surface area contributed by atoms with E-state index in [4.69, 9.17) is 32.7 Å². The maximum atomic E-state index is 12.0. The van der Waals surface area contributed by atoms with Crippen LogP contribution in [-0.2, 0) is 9.59 Å². The molecule has 0 spiro atoms. The summed E-state index contributed by atoms with van der Waals surface area (Å²) in [7, 11) is 0. The summed E-state index contributed by atoms with van der Waals surface area (Å²) >= 11 is 12.3. The van der Waals surface area contributed by atoms with E-state index in [0.29, 0.717) is 0 Å². The number of carbonyl (C=O) groups excluding carboxylic acids is 2. The molecule has 0 unspecified atom stereocenters. The Hall–Kier alpha value is -1.66. The highest BCUT2D eigenvalue weighted by atomic mass is 35.5. The number of ether oxygens (including phenoxy) is 2. The molecule has 26 heavy (non-hydrogen) atoms. The second kappa shape index (κ2) is 7.92. The van der Waals surface area contributed by atoms with Crippen molar-refractivity contribution in [3.05, 3.63) is 22.2 Å². The first-order valence-corrected chi connectivity index (χ1v) is 9.52. The minimum Gasteiger partial charge on any atom is -0.479 e. The van der Waals surface area contributed by atoms with Gasteiger partial charge < -0.3 is 20.1 Å². The van der Waals surface area contributed by atoms with Gasteiger partial charge in [-0.2, -0.15) is 0 Å². The van der Waals surface area contributed by atoms with Gasteiger partial charge in [0, 0.05) is 18.2 Å². The van der Waals surface area contributed by atoms with Gasteiger partial charge in [0.05, 0.1) is 10.0 Å². The van der Waals surface area contributed by atoms with Crippen LogP contribution in [0.15, 0.2) is 12.1 Å². The Morgan fingerprint density at radius 2 is 1.27 bits per heavy atom. The van der Waals surface area contributed by atoms with Crippen LogP contribution in [0.3, 0.4) is 0 Å². The Labute approximate surface area is 162 Å². The summed E-state index contributed by atoms with van der Waals surface area (Å²) < 4.78 is 11.3. The molecule has 6 nitrogen and oxygen atoms in total. The lowest BCUT2D eigenvalue weighted by Crippen LogP contribution is -2.38. The Bertz CT molecular complexity index is 649. The Balaban J connectivity index is 1.65. The van der Waals surface area contributed by atoms with E-state index in [-0.39, 0.29) is 45.4 Å². The van der Waals surface area contributed by atoms with Gasteiger partial charge in [0.1, 0.15) is 11.5 Å². The number of carbonyl (C=O) groups is 2. The molecule has 142 valence electrons. The third-order valence-electron chi connectivity index (χ3n) is 4.18. The van der Waals surface area contributed by atoms with Gasteiger partial charge in [-0.25, -0.2) is 0 Å². The fourth-order valence-corrected chi connectivity index (χ4v) is 2.74. The maximum absolute atomic E-state index is 12.0. The van der Waals surface area contributed by atoms with Gasteiger partial charge >= 0.3 is 0 Å². The summed E-state index contributed by atoms with van der Waals surface area (Å²) in [6, 6.07) is 3.48. The van der Waals surface area contributed by atoms with Crippen LogP contribution in [0.2, 0.25) is 10.0 Å². The fraction of sp³-hybridized carbons (Fsp3) is 0.556. The number of benzene rings is 1. The van der Waals surface area contributed by atoms with Crippen molar-refractivity contribution in [3.63, 3.8) is 0 Å². The smallest absolute Gasteiger partial charge is 0.260 e. The number of hydrogen-bond acceptors (Lipinski definition) is 4. The zero-order chi connectivity index (χ0) is 18.8. The fourth-order valence-electron chi connectivity index (χ4n) is 2.27. The Morgan fingerprint density at radius 1 is 0.885 bits per heavy atom. The van der Waals surface area contributed by atoms with Crippen LogP contribution in [0.25, 0.3) is 0 Å². The SMILES string of the molecule is C[C@H](Oc1cc(O[C@H](C)C(=O)NC2CC2)c(Cl)cc1Cl)C(=O)NC1CC1. The molecule has 2 atom stereocenters. The van der Waals surface area contributed by atoms with E-state index >= 15 is 0 Å². The summed E-state index contributed by atoms with van der Waals surface area (Å²) in [5.41, 5.74) is 0. The molecule has 2 aliphatic carbocycles. The zero-order valence-electron chi connectivity index (χ0n) is 14.7. The highest BCUT2D eigenvalue weighted by molar-refractivity contribution is 6.36. The number of nitrogens with one attached hydrogen (secondary N) is 2. The summed E-state index contributed by atoms with van der Waals surface area (Å²) in [5.74, 6) is 0.162. The summed E-state index contributed by atoms with van der Waals surface area (Å²) in [5, 5.41) is 6.28. The number of rotatable bonds is 8. The van der Waals surface area contributed by atoms with E-state index in [1.807, 2.05) is 0 Å². The molecule has 2 amide bonds. The second-order valence-electron chi connectivity index (χ2n) is 6.80. The minimum absolute atomic E-state index is 0.196. The van der Waals surface area contributed by atoms with Crippen LogP contribution >= 0.6 is 23.2 Å². The molecule has 0 heterocycles. The molecular formula is C18H22Cl2N2O4. The van der Waals surface area contributed by atoms with E-state index in [2.05, 4.69) is 10.6 Å². The summed E-state index contributed by atoms with van der Waals surface area (Å²) in [6.07, 6.45) is 2.57. The average Bonchev–Trinajstić information content (AvgIpc) is 3.48. The standard InChI is InChI=1S/C18H22Cl2N2O4/c1-9(17(23)21-11-3-4-11)25-15-8-16(14(20)7-13(15)19)26-10(2)18(24)22-12-5-6-12/h7-12H,3-6H2,1-2H3,(H,21,23)(H,22,24)/t9-,10+. The predicted octanol–water partition coefficient (Wildman–Crippen LogP) is 3.09. The van der Waals surface area contributed by atoms with Crippen molar-refractivity contribution in [1.82, 2.24) is 10.6 Å². The lowest BCUT2D eigenvalue weighted by atomic mass is 10.3. The third kappa shape index (κ3) is 5.17. The van der Waals surface area contributed by atoms with Gasteiger partial charge in [-0.1, -0.05) is 23.2 Å². The van der Waals surface area contributed by atoms with Crippen molar-refractivity contribution in [3.8, 4) is 11.5 Å². The van der Waals surface area contributed by atoms with Crippen molar-refractivity contribution >= 4 is 35.0 Å². The summed E-state index contributed by atoms with van der Waals surface area (Å²) in [4.78, 5) is 24.1. The Morgan fingerprint density at radius 3 is 1.62 bits per heavy atom. The van der Waals surface area contributed by atoms with Crippen molar-refractivity contribution in [1.29, 1.82) is 0 Å². The highest BCUT2D eigenvalue weighted by Gasteiger charge is 2.28. The van der Waals surface area contributed by atoms with Gasteiger partial charge in [-0.15, -0.1) is 0 Å². The molecular weight excluding hydrogens is 379 g/mol. The third-order valence-corrected chi connectivity index (χ3v) is 4.77.